The number of rotatable bonds is 6. The van der Waals surface area contributed by atoms with E-state index in [1.807, 2.05) is 4.90 Å². The predicted octanol–water partition coefficient (Wildman–Crippen LogP) is 2.77. The highest BCUT2D eigenvalue weighted by Gasteiger charge is 2.25. The van der Waals surface area contributed by atoms with Gasteiger partial charge in [0.05, 0.1) is 22.8 Å². The van der Waals surface area contributed by atoms with E-state index in [-0.39, 0.29) is 22.2 Å². The van der Waals surface area contributed by atoms with Crippen molar-refractivity contribution in [2.24, 2.45) is 0 Å². The molecule has 31 heavy (non-hydrogen) atoms. The average Bonchev–Trinajstić information content (AvgIpc) is 2.74. The van der Waals surface area contributed by atoms with Gasteiger partial charge in [0.2, 0.25) is 0 Å². The summed E-state index contributed by atoms with van der Waals surface area (Å²) in [7, 11) is -3.86. The summed E-state index contributed by atoms with van der Waals surface area (Å²) < 4.78 is 32.9. The Bertz CT molecular complexity index is 1080. The number of benzene rings is 2. The first kappa shape index (κ1) is 22.4. The van der Waals surface area contributed by atoms with Gasteiger partial charge in [-0.1, -0.05) is 18.2 Å². The van der Waals surface area contributed by atoms with Crippen molar-refractivity contribution in [2.75, 3.05) is 42.4 Å². The monoisotopic (exact) mass is 447 g/mol. The summed E-state index contributed by atoms with van der Waals surface area (Å²) in [6.07, 6.45) is -0.387. The van der Waals surface area contributed by atoms with Crippen molar-refractivity contribution in [1.29, 1.82) is 0 Å². The Hall–Kier alpha value is -3.27. The third-order valence-electron chi connectivity index (χ3n) is 5.01. The fourth-order valence-electron chi connectivity index (χ4n) is 3.46. The number of sulfonamides is 1. The number of carbonyl (C=O) groups is 2. The van der Waals surface area contributed by atoms with Crippen molar-refractivity contribution in [3.05, 3.63) is 53.6 Å². The van der Waals surface area contributed by atoms with Gasteiger partial charge >= 0.3 is 12.1 Å². The van der Waals surface area contributed by atoms with Crippen LogP contribution in [0.15, 0.2) is 47.4 Å². The topological polar surface area (TPSA) is 116 Å². The van der Waals surface area contributed by atoms with Gasteiger partial charge in [-0.05, 0) is 43.7 Å². The van der Waals surface area contributed by atoms with Crippen molar-refractivity contribution >= 4 is 33.5 Å². The molecule has 2 aromatic rings. The Kier molecular flexibility index (Phi) is 6.69. The summed E-state index contributed by atoms with van der Waals surface area (Å²) in [4.78, 5) is 27.3. The molecule has 1 saturated heterocycles. The van der Waals surface area contributed by atoms with E-state index in [1.54, 1.807) is 43.0 Å². The molecule has 3 rings (SSSR count). The highest BCUT2D eigenvalue weighted by Crippen LogP contribution is 2.27. The minimum absolute atomic E-state index is 0.0189. The number of anilines is 2. The van der Waals surface area contributed by atoms with Crippen molar-refractivity contribution < 1.29 is 27.9 Å². The van der Waals surface area contributed by atoms with Crippen LogP contribution in [0.5, 0.6) is 0 Å². The number of nitrogens with zero attached hydrogens (tertiary/aromatic N) is 2. The van der Waals surface area contributed by atoms with Crippen molar-refractivity contribution in [3.8, 4) is 0 Å². The number of hydrogen-bond acceptors (Lipinski definition) is 6. The highest BCUT2D eigenvalue weighted by atomic mass is 32.2. The van der Waals surface area contributed by atoms with Gasteiger partial charge in [-0.2, -0.15) is 0 Å². The van der Waals surface area contributed by atoms with Gasteiger partial charge < -0.3 is 19.6 Å². The number of carbonyl (C=O) groups excluding carboxylic acids is 1. The number of amides is 1. The molecule has 0 atom stereocenters. The van der Waals surface area contributed by atoms with E-state index >= 15 is 0 Å². The van der Waals surface area contributed by atoms with Crippen LogP contribution in [-0.4, -0.2) is 63.3 Å². The number of nitrogens with one attached hydrogen (secondary N) is 1. The van der Waals surface area contributed by atoms with Gasteiger partial charge in [0, 0.05) is 31.9 Å². The molecule has 1 heterocycles. The summed E-state index contributed by atoms with van der Waals surface area (Å²) in [5, 5.41) is 9.70. The number of carboxylic acids is 1. The van der Waals surface area contributed by atoms with Crippen LogP contribution >= 0.6 is 0 Å². The minimum Gasteiger partial charge on any atom is -0.478 e. The number of hydrogen-bond donors (Lipinski definition) is 2. The van der Waals surface area contributed by atoms with Crippen LogP contribution in [0.1, 0.15) is 22.8 Å². The van der Waals surface area contributed by atoms with Crippen molar-refractivity contribution in [1.82, 2.24) is 4.90 Å². The van der Waals surface area contributed by atoms with Crippen molar-refractivity contribution in [3.63, 3.8) is 0 Å². The van der Waals surface area contributed by atoms with E-state index in [0.29, 0.717) is 44.0 Å². The lowest BCUT2D eigenvalue weighted by molar-refractivity contribution is 0.0696. The lowest BCUT2D eigenvalue weighted by Crippen LogP contribution is -2.49. The molecule has 0 unspecified atom stereocenters. The highest BCUT2D eigenvalue weighted by molar-refractivity contribution is 7.92. The standard InChI is InChI=1S/C21H25N3O6S/c1-3-30-21(27)24-12-10-23(11-13-24)18-9-8-16(14-17(18)20(25)26)22-31(28,29)19-7-5-4-6-15(19)2/h4-9,14,22H,3,10-13H2,1-2H3,(H,25,26). The van der Waals surface area contributed by atoms with E-state index in [1.165, 1.54) is 18.2 Å². The molecule has 1 amide bonds. The van der Waals surface area contributed by atoms with Crippen LogP contribution < -0.4 is 9.62 Å². The predicted molar refractivity (Wildman–Crippen MR) is 116 cm³/mol. The molecule has 0 spiro atoms. The van der Waals surface area contributed by atoms with Crippen LogP contribution in [0.2, 0.25) is 0 Å². The van der Waals surface area contributed by atoms with Crippen LogP contribution in [0.4, 0.5) is 16.2 Å². The van der Waals surface area contributed by atoms with Crippen LogP contribution in [0.3, 0.4) is 0 Å². The molecule has 0 aromatic heterocycles. The lowest BCUT2D eigenvalue weighted by atomic mass is 10.1. The van der Waals surface area contributed by atoms with Crippen LogP contribution in [-0.2, 0) is 14.8 Å². The number of aromatic carboxylic acids is 1. The first-order valence-corrected chi connectivity index (χ1v) is 11.3. The maximum Gasteiger partial charge on any atom is 0.409 e. The van der Waals surface area contributed by atoms with Gasteiger partial charge in [-0.25, -0.2) is 18.0 Å². The van der Waals surface area contributed by atoms with Crippen molar-refractivity contribution in [2.45, 2.75) is 18.7 Å². The van der Waals surface area contributed by atoms with Gasteiger partial charge in [0.15, 0.2) is 0 Å². The molecule has 0 saturated carbocycles. The number of piperazine rings is 1. The Labute approximate surface area is 181 Å². The molecule has 166 valence electrons. The van der Waals surface area contributed by atoms with E-state index in [2.05, 4.69) is 4.72 Å². The molecular weight excluding hydrogens is 422 g/mol. The Balaban J connectivity index is 1.80. The quantitative estimate of drug-likeness (QED) is 0.699. The molecule has 0 aliphatic carbocycles. The zero-order valence-corrected chi connectivity index (χ0v) is 18.2. The second kappa shape index (κ2) is 9.25. The fraction of sp³-hybridized carbons (Fsp3) is 0.333. The van der Waals surface area contributed by atoms with Gasteiger partial charge in [-0.3, -0.25) is 4.72 Å². The van der Waals surface area contributed by atoms with Crippen LogP contribution in [0, 0.1) is 6.92 Å². The molecule has 2 N–H and O–H groups in total. The normalized spacial score (nSPS) is 14.3. The second-order valence-electron chi connectivity index (χ2n) is 7.08. The SMILES string of the molecule is CCOC(=O)N1CCN(c2ccc(NS(=O)(=O)c3ccccc3C)cc2C(=O)O)CC1. The number of ether oxygens (including phenoxy) is 1. The smallest absolute Gasteiger partial charge is 0.409 e. The molecule has 0 radical (unpaired) electrons. The zero-order chi connectivity index (χ0) is 22.6. The van der Waals surface area contributed by atoms with Gasteiger partial charge in [-0.15, -0.1) is 0 Å². The molecule has 1 aliphatic rings. The maximum absolute atomic E-state index is 12.7. The third kappa shape index (κ3) is 5.08. The van der Waals surface area contributed by atoms with E-state index in [4.69, 9.17) is 4.74 Å². The summed E-state index contributed by atoms with van der Waals surface area (Å²) in [5.41, 5.74) is 1.20. The molecule has 9 nitrogen and oxygen atoms in total. The Morgan fingerprint density at radius 2 is 1.77 bits per heavy atom. The average molecular weight is 448 g/mol. The minimum atomic E-state index is -3.86. The second-order valence-corrected chi connectivity index (χ2v) is 8.73. The molecule has 1 aliphatic heterocycles. The maximum atomic E-state index is 12.7. The molecule has 0 bridgehead atoms. The lowest BCUT2D eigenvalue weighted by Gasteiger charge is -2.36. The number of carboxylic acid groups (broad SMARTS) is 1. The summed E-state index contributed by atoms with van der Waals surface area (Å²) in [6, 6.07) is 11.0. The zero-order valence-electron chi connectivity index (χ0n) is 17.4. The van der Waals surface area contributed by atoms with E-state index < -0.39 is 16.0 Å². The molecule has 2 aromatic carbocycles. The molecule has 1 fully saturated rings. The van der Waals surface area contributed by atoms with Gasteiger partial charge in [0.25, 0.3) is 10.0 Å². The summed E-state index contributed by atoms with van der Waals surface area (Å²) in [5.74, 6) is -1.17. The van der Waals surface area contributed by atoms with Crippen LogP contribution in [0.25, 0.3) is 0 Å². The largest absolute Gasteiger partial charge is 0.478 e. The molecular formula is C21H25N3O6S. The van der Waals surface area contributed by atoms with Gasteiger partial charge in [0.1, 0.15) is 0 Å². The Morgan fingerprint density at radius 1 is 1.10 bits per heavy atom. The fourth-order valence-corrected chi connectivity index (χ4v) is 4.76. The summed E-state index contributed by atoms with van der Waals surface area (Å²) >= 11 is 0. The summed E-state index contributed by atoms with van der Waals surface area (Å²) in [6.45, 7) is 5.40. The number of aryl methyl sites for hydroxylation is 1. The first-order chi connectivity index (χ1) is 14.7. The third-order valence-corrected chi connectivity index (χ3v) is 6.55. The van der Waals surface area contributed by atoms with E-state index in [9.17, 15) is 23.1 Å². The van der Waals surface area contributed by atoms with E-state index in [0.717, 1.165) is 0 Å². The Morgan fingerprint density at radius 3 is 2.39 bits per heavy atom. The molecule has 10 heteroatoms. The first-order valence-electron chi connectivity index (χ1n) is 9.85.